The van der Waals surface area contributed by atoms with Gasteiger partial charge in [0.15, 0.2) is 0 Å². The summed E-state index contributed by atoms with van der Waals surface area (Å²) < 4.78 is 5.40. The summed E-state index contributed by atoms with van der Waals surface area (Å²) >= 11 is 0. The second-order valence-electron chi connectivity index (χ2n) is 6.28. The van der Waals surface area contributed by atoms with Gasteiger partial charge in [0.25, 0.3) is 5.91 Å². The van der Waals surface area contributed by atoms with Crippen molar-refractivity contribution in [2.45, 2.75) is 31.8 Å². The minimum Gasteiger partial charge on any atom is -0.368 e. The molecule has 1 N–H and O–H groups in total. The van der Waals surface area contributed by atoms with Crippen LogP contribution in [0.5, 0.6) is 0 Å². The zero-order valence-corrected chi connectivity index (χ0v) is 13.6. The molecule has 1 atom stereocenters. The van der Waals surface area contributed by atoms with Gasteiger partial charge in [-0.05, 0) is 49.4 Å². The molecule has 1 amide bonds. The summed E-state index contributed by atoms with van der Waals surface area (Å²) in [4.78, 5) is 18.8. The Kier molecular flexibility index (Phi) is 4.17. The normalized spacial score (nSPS) is 19.8. The number of aromatic nitrogens is 1. The van der Waals surface area contributed by atoms with Gasteiger partial charge in [0.2, 0.25) is 0 Å². The van der Waals surface area contributed by atoms with Crippen LogP contribution in [0.1, 0.15) is 24.8 Å². The Bertz CT molecular complexity index is 724. The molecule has 1 aromatic carbocycles. The highest BCUT2D eigenvalue weighted by molar-refractivity contribution is 5.93. The number of para-hydroxylation sites is 1. The summed E-state index contributed by atoms with van der Waals surface area (Å²) in [5, 5.41) is 2.84. The van der Waals surface area contributed by atoms with Crippen molar-refractivity contribution in [1.29, 1.82) is 0 Å². The van der Waals surface area contributed by atoms with Crippen molar-refractivity contribution in [3.63, 3.8) is 0 Å². The highest BCUT2D eigenvalue weighted by atomic mass is 16.5. The third-order valence-electron chi connectivity index (χ3n) is 4.64. The summed E-state index contributed by atoms with van der Waals surface area (Å²) in [6.07, 6.45) is 5.48. The summed E-state index contributed by atoms with van der Waals surface area (Å²) in [6.45, 7) is 1.65. The van der Waals surface area contributed by atoms with Crippen LogP contribution in [-0.4, -0.2) is 30.1 Å². The lowest BCUT2D eigenvalue weighted by molar-refractivity contribution is -0.124. The fraction of sp³-hybridized carbons (Fsp3) is 0.368. The number of aryl methyl sites for hydroxylation is 1. The van der Waals surface area contributed by atoms with Gasteiger partial charge in [-0.15, -0.1) is 0 Å². The van der Waals surface area contributed by atoms with Crippen LogP contribution in [0.2, 0.25) is 0 Å². The molecule has 24 heavy (non-hydrogen) atoms. The predicted molar refractivity (Wildman–Crippen MR) is 93.6 cm³/mol. The third-order valence-corrected chi connectivity index (χ3v) is 4.64. The molecule has 2 aliphatic heterocycles. The van der Waals surface area contributed by atoms with Crippen molar-refractivity contribution in [1.82, 2.24) is 4.98 Å². The molecule has 1 unspecified atom stereocenters. The highest BCUT2D eigenvalue weighted by Gasteiger charge is 2.24. The first-order chi connectivity index (χ1) is 11.8. The first kappa shape index (κ1) is 15.1. The highest BCUT2D eigenvalue weighted by Crippen LogP contribution is 2.33. The van der Waals surface area contributed by atoms with Gasteiger partial charge in [0.05, 0.1) is 11.9 Å². The summed E-state index contributed by atoms with van der Waals surface area (Å²) in [6, 6.07) is 12.4. The average Bonchev–Trinajstić information content (AvgIpc) is 3.17. The van der Waals surface area contributed by atoms with Crippen LogP contribution >= 0.6 is 0 Å². The molecule has 0 bridgehead atoms. The minimum atomic E-state index is -0.333. The number of nitrogens with zero attached hydrogens (tertiary/aromatic N) is 2. The van der Waals surface area contributed by atoms with Gasteiger partial charge < -0.3 is 15.0 Å². The van der Waals surface area contributed by atoms with Gasteiger partial charge in [0, 0.05) is 18.8 Å². The van der Waals surface area contributed by atoms with Crippen LogP contribution in [0.25, 0.3) is 0 Å². The Balaban J connectivity index is 1.49. The Hall–Kier alpha value is -2.40. The average molecular weight is 323 g/mol. The largest absolute Gasteiger partial charge is 0.368 e. The van der Waals surface area contributed by atoms with Gasteiger partial charge in [-0.3, -0.25) is 4.79 Å². The van der Waals surface area contributed by atoms with Crippen LogP contribution in [0.15, 0.2) is 42.6 Å². The van der Waals surface area contributed by atoms with Crippen molar-refractivity contribution < 1.29 is 9.53 Å². The molecule has 1 saturated heterocycles. The molecule has 3 heterocycles. The Morgan fingerprint density at radius 3 is 2.92 bits per heavy atom. The van der Waals surface area contributed by atoms with Crippen molar-refractivity contribution in [2.24, 2.45) is 0 Å². The van der Waals surface area contributed by atoms with E-state index in [1.807, 2.05) is 18.3 Å². The maximum Gasteiger partial charge on any atom is 0.254 e. The maximum atomic E-state index is 12.1. The zero-order valence-electron chi connectivity index (χ0n) is 13.6. The van der Waals surface area contributed by atoms with Crippen molar-refractivity contribution >= 4 is 23.1 Å². The Labute approximate surface area is 141 Å². The molecule has 2 aliphatic rings. The van der Waals surface area contributed by atoms with Crippen LogP contribution in [-0.2, 0) is 16.0 Å². The molecule has 0 radical (unpaired) electrons. The number of amides is 1. The first-order valence-electron chi connectivity index (χ1n) is 8.55. The van der Waals surface area contributed by atoms with E-state index in [9.17, 15) is 4.79 Å². The lowest BCUT2D eigenvalue weighted by atomic mass is 10.0. The molecule has 4 rings (SSSR count). The number of carbonyl (C=O) groups excluding carboxylic acids is 1. The van der Waals surface area contributed by atoms with Gasteiger partial charge in [0.1, 0.15) is 11.9 Å². The number of carbonyl (C=O) groups is 1. The van der Waals surface area contributed by atoms with E-state index in [1.54, 1.807) is 0 Å². The molecule has 0 saturated carbocycles. The van der Waals surface area contributed by atoms with E-state index in [2.05, 4.69) is 39.5 Å². The smallest absolute Gasteiger partial charge is 0.254 e. The number of fused-ring (bicyclic) bond motifs is 1. The van der Waals surface area contributed by atoms with E-state index in [1.165, 1.54) is 11.3 Å². The second kappa shape index (κ2) is 6.61. The van der Waals surface area contributed by atoms with Crippen LogP contribution in [0.3, 0.4) is 0 Å². The van der Waals surface area contributed by atoms with Crippen LogP contribution < -0.4 is 10.2 Å². The number of nitrogens with one attached hydrogen (secondary N) is 1. The summed E-state index contributed by atoms with van der Waals surface area (Å²) in [5.41, 5.74) is 3.68. The maximum absolute atomic E-state index is 12.1. The lowest BCUT2D eigenvalue weighted by Crippen LogP contribution is -2.27. The number of hydrogen-bond donors (Lipinski definition) is 1. The Morgan fingerprint density at radius 2 is 2.12 bits per heavy atom. The predicted octanol–water partition coefficient (Wildman–Crippen LogP) is 3.28. The fourth-order valence-corrected chi connectivity index (χ4v) is 3.41. The second-order valence-corrected chi connectivity index (χ2v) is 6.28. The topological polar surface area (TPSA) is 54.5 Å². The zero-order chi connectivity index (χ0) is 16.4. The first-order valence-corrected chi connectivity index (χ1v) is 8.55. The number of ether oxygens (including phenoxy) is 1. The van der Waals surface area contributed by atoms with E-state index in [0.717, 1.165) is 37.9 Å². The molecule has 0 spiro atoms. The fourth-order valence-electron chi connectivity index (χ4n) is 3.41. The van der Waals surface area contributed by atoms with Crippen molar-refractivity contribution in [2.75, 3.05) is 23.4 Å². The summed E-state index contributed by atoms with van der Waals surface area (Å²) in [7, 11) is 0. The molecular weight excluding hydrogens is 302 g/mol. The third kappa shape index (κ3) is 2.99. The van der Waals surface area contributed by atoms with Crippen molar-refractivity contribution in [3.8, 4) is 0 Å². The van der Waals surface area contributed by atoms with Gasteiger partial charge in [-0.1, -0.05) is 18.2 Å². The van der Waals surface area contributed by atoms with Gasteiger partial charge in [-0.2, -0.15) is 0 Å². The molecule has 0 aliphatic carbocycles. The quantitative estimate of drug-likeness (QED) is 0.942. The summed E-state index contributed by atoms with van der Waals surface area (Å²) in [5.74, 6) is 0.473. The van der Waals surface area contributed by atoms with Crippen LogP contribution in [0.4, 0.5) is 17.2 Å². The molecule has 124 valence electrons. The van der Waals surface area contributed by atoms with E-state index in [0.29, 0.717) is 12.4 Å². The SMILES string of the molecule is O=C(Nc1ccc(N2CCCc3ccccc32)cn1)C1CCCO1. The van der Waals surface area contributed by atoms with Crippen LogP contribution in [0, 0.1) is 0 Å². The molecule has 2 aromatic rings. The number of rotatable bonds is 3. The van der Waals surface area contributed by atoms with E-state index in [4.69, 9.17) is 4.74 Å². The molecule has 5 heteroatoms. The number of anilines is 3. The van der Waals surface area contributed by atoms with E-state index >= 15 is 0 Å². The number of hydrogen-bond acceptors (Lipinski definition) is 4. The molecule has 1 fully saturated rings. The lowest BCUT2D eigenvalue weighted by Gasteiger charge is -2.31. The van der Waals surface area contributed by atoms with E-state index in [-0.39, 0.29) is 12.0 Å². The molecule has 1 aromatic heterocycles. The van der Waals surface area contributed by atoms with Crippen molar-refractivity contribution in [3.05, 3.63) is 48.2 Å². The number of benzene rings is 1. The number of pyridine rings is 1. The standard InChI is InChI=1S/C19H21N3O2/c23-19(17-8-4-12-24-17)21-18-10-9-15(13-20-18)22-11-3-6-14-5-1-2-7-16(14)22/h1-2,5,7,9-10,13,17H,3-4,6,8,11-12H2,(H,20,21,23). The molecular formula is C19H21N3O2. The van der Waals surface area contributed by atoms with Gasteiger partial charge >= 0.3 is 0 Å². The molecule has 5 nitrogen and oxygen atoms in total. The van der Waals surface area contributed by atoms with E-state index < -0.39 is 0 Å². The monoisotopic (exact) mass is 323 g/mol. The van der Waals surface area contributed by atoms with Gasteiger partial charge in [-0.25, -0.2) is 4.98 Å². The minimum absolute atomic E-state index is 0.101. The Morgan fingerprint density at radius 1 is 1.21 bits per heavy atom.